The van der Waals surface area contributed by atoms with Gasteiger partial charge in [0, 0.05) is 32.2 Å². The third kappa shape index (κ3) is 5.31. The molecular formula is C25H29N3O5S. The summed E-state index contributed by atoms with van der Waals surface area (Å²) in [6.07, 6.45) is 1.75. The number of fused-ring (bicyclic) bond motifs is 1. The van der Waals surface area contributed by atoms with E-state index in [1.807, 2.05) is 30.3 Å². The summed E-state index contributed by atoms with van der Waals surface area (Å²) in [5.74, 6) is 0.261. The SMILES string of the molecule is C=CC(=O)NC1CC2CN(S(=O)(=O)c3ccc(CN(Cc4ccccc4)C(=O)O)cc3)CC2C1. The van der Waals surface area contributed by atoms with Crippen molar-refractivity contribution in [1.82, 2.24) is 14.5 Å². The molecule has 9 heteroatoms. The number of carbonyl (C=O) groups is 2. The molecule has 1 saturated carbocycles. The minimum absolute atomic E-state index is 0.0673. The lowest BCUT2D eigenvalue weighted by molar-refractivity contribution is -0.117. The van der Waals surface area contributed by atoms with E-state index in [2.05, 4.69) is 11.9 Å². The van der Waals surface area contributed by atoms with Crippen molar-refractivity contribution in [3.05, 3.63) is 78.4 Å². The van der Waals surface area contributed by atoms with Crippen molar-refractivity contribution in [3.8, 4) is 0 Å². The molecule has 2 atom stereocenters. The van der Waals surface area contributed by atoms with Crippen LogP contribution in [0.25, 0.3) is 0 Å². The molecule has 1 heterocycles. The quantitative estimate of drug-likeness (QED) is 0.561. The fourth-order valence-electron chi connectivity index (χ4n) is 4.96. The molecule has 2 amide bonds. The summed E-state index contributed by atoms with van der Waals surface area (Å²) in [6.45, 7) is 4.77. The van der Waals surface area contributed by atoms with Crippen molar-refractivity contribution < 1.29 is 23.1 Å². The Kier molecular flexibility index (Phi) is 7.04. The van der Waals surface area contributed by atoms with Crippen LogP contribution < -0.4 is 5.32 Å². The van der Waals surface area contributed by atoms with E-state index in [0.29, 0.717) is 13.1 Å². The first-order valence-corrected chi connectivity index (χ1v) is 12.7. The largest absolute Gasteiger partial charge is 0.465 e. The highest BCUT2D eigenvalue weighted by Gasteiger charge is 2.45. The van der Waals surface area contributed by atoms with E-state index in [1.165, 1.54) is 15.3 Å². The van der Waals surface area contributed by atoms with Crippen LogP contribution in [0.15, 0.2) is 72.1 Å². The third-order valence-electron chi connectivity index (χ3n) is 6.67. The lowest BCUT2D eigenvalue weighted by atomic mass is 10.0. The summed E-state index contributed by atoms with van der Waals surface area (Å²) in [5, 5.41) is 12.5. The lowest BCUT2D eigenvalue weighted by Crippen LogP contribution is -2.35. The topological polar surface area (TPSA) is 107 Å². The molecule has 0 bridgehead atoms. The van der Waals surface area contributed by atoms with Gasteiger partial charge in [-0.3, -0.25) is 9.69 Å². The number of hydrogen-bond donors (Lipinski definition) is 2. The second-order valence-electron chi connectivity index (χ2n) is 8.99. The van der Waals surface area contributed by atoms with Crippen LogP contribution in [0.5, 0.6) is 0 Å². The van der Waals surface area contributed by atoms with E-state index in [1.54, 1.807) is 24.3 Å². The summed E-state index contributed by atoms with van der Waals surface area (Å²) < 4.78 is 27.9. The Morgan fingerprint density at radius 3 is 2.09 bits per heavy atom. The van der Waals surface area contributed by atoms with Gasteiger partial charge in [0.2, 0.25) is 15.9 Å². The maximum Gasteiger partial charge on any atom is 0.407 e. The molecular weight excluding hydrogens is 454 g/mol. The number of benzene rings is 2. The van der Waals surface area contributed by atoms with Gasteiger partial charge >= 0.3 is 6.09 Å². The molecule has 34 heavy (non-hydrogen) atoms. The molecule has 2 aromatic carbocycles. The third-order valence-corrected chi connectivity index (χ3v) is 8.52. The maximum absolute atomic E-state index is 13.2. The van der Waals surface area contributed by atoms with Gasteiger partial charge in [0.1, 0.15) is 0 Å². The van der Waals surface area contributed by atoms with E-state index >= 15 is 0 Å². The number of carbonyl (C=O) groups excluding carboxylic acids is 1. The second kappa shape index (κ2) is 9.99. The fourth-order valence-corrected chi connectivity index (χ4v) is 6.52. The summed E-state index contributed by atoms with van der Waals surface area (Å²) in [6, 6.07) is 15.8. The number of nitrogens with one attached hydrogen (secondary N) is 1. The summed E-state index contributed by atoms with van der Waals surface area (Å²) in [5.41, 5.74) is 1.60. The summed E-state index contributed by atoms with van der Waals surface area (Å²) >= 11 is 0. The predicted molar refractivity (Wildman–Crippen MR) is 127 cm³/mol. The van der Waals surface area contributed by atoms with Gasteiger partial charge in [0.05, 0.1) is 4.90 Å². The van der Waals surface area contributed by atoms with E-state index in [4.69, 9.17) is 0 Å². The highest BCUT2D eigenvalue weighted by atomic mass is 32.2. The molecule has 1 saturated heterocycles. The molecule has 180 valence electrons. The smallest absolute Gasteiger partial charge is 0.407 e. The minimum atomic E-state index is -3.64. The van der Waals surface area contributed by atoms with E-state index < -0.39 is 16.1 Å². The molecule has 8 nitrogen and oxygen atoms in total. The Hall–Kier alpha value is -3.17. The normalized spacial score (nSPS) is 22.2. The molecule has 2 unspecified atom stereocenters. The molecule has 2 aromatic rings. The number of rotatable bonds is 8. The van der Waals surface area contributed by atoms with Crippen LogP contribution in [-0.2, 0) is 27.9 Å². The van der Waals surface area contributed by atoms with Gasteiger partial charge in [0.15, 0.2) is 0 Å². The first-order chi connectivity index (χ1) is 16.3. The highest BCUT2D eigenvalue weighted by Crippen LogP contribution is 2.40. The Morgan fingerprint density at radius 2 is 1.56 bits per heavy atom. The molecule has 2 fully saturated rings. The highest BCUT2D eigenvalue weighted by molar-refractivity contribution is 7.89. The standard InChI is InChI=1S/C25H29N3O5S/c1-2-24(29)26-22-12-20-16-28(17-21(20)13-22)34(32,33)23-10-8-19(9-11-23)15-27(25(30)31)14-18-6-4-3-5-7-18/h2-11,20-22H,1,12-17H2,(H,26,29)(H,30,31). The summed E-state index contributed by atoms with van der Waals surface area (Å²) in [7, 11) is -3.64. The molecule has 1 aliphatic carbocycles. The second-order valence-corrected chi connectivity index (χ2v) is 10.9. The molecule has 2 aliphatic rings. The predicted octanol–water partition coefficient (Wildman–Crippen LogP) is 3.07. The first-order valence-electron chi connectivity index (χ1n) is 11.3. The molecule has 0 radical (unpaired) electrons. The Morgan fingerprint density at radius 1 is 1.00 bits per heavy atom. The number of sulfonamides is 1. The Labute approximate surface area is 199 Å². The zero-order chi connectivity index (χ0) is 24.3. The van der Waals surface area contributed by atoms with E-state index in [-0.39, 0.29) is 41.8 Å². The number of nitrogens with zero attached hydrogens (tertiary/aromatic N) is 2. The van der Waals surface area contributed by atoms with Crippen molar-refractivity contribution >= 4 is 22.0 Å². The molecule has 2 N–H and O–H groups in total. The van der Waals surface area contributed by atoms with Gasteiger partial charge in [-0.1, -0.05) is 49.0 Å². The van der Waals surface area contributed by atoms with Crippen LogP contribution >= 0.6 is 0 Å². The van der Waals surface area contributed by atoms with E-state index in [9.17, 15) is 23.1 Å². The number of hydrogen-bond acceptors (Lipinski definition) is 4. The molecule has 1 aliphatic heterocycles. The van der Waals surface area contributed by atoms with Gasteiger partial charge in [0.25, 0.3) is 0 Å². The van der Waals surface area contributed by atoms with Crippen LogP contribution in [0, 0.1) is 11.8 Å². The van der Waals surface area contributed by atoms with Crippen LogP contribution in [0.2, 0.25) is 0 Å². The monoisotopic (exact) mass is 483 g/mol. The van der Waals surface area contributed by atoms with Gasteiger partial charge in [-0.2, -0.15) is 4.31 Å². The number of amides is 2. The summed E-state index contributed by atoms with van der Waals surface area (Å²) in [4.78, 5) is 24.7. The average molecular weight is 484 g/mol. The van der Waals surface area contributed by atoms with Crippen molar-refractivity contribution in [3.63, 3.8) is 0 Å². The fraction of sp³-hybridized carbons (Fsp3) is 0.360. The molecule has 0 spiro atoms. The van der Waals surface area contributed by atoms with Crippen LogP contribution in [-0.4, -0.2) is 53.9 Å². The number of carboxylic acid groups (broad SMARTS) is 1. The Balaban J connectivity index is 1.38. The first kappa shape index (κ1) is 24.0. The van der Waals surface area contributed by atoms with Crippen molar-refractivity contribution in [2.45, 2.75) is 36.9 Å². The zero-order valence-corrected chi connectivity index (χ0v) is 19.7. The van der Waals surface area contributed by atoms with Crippen molar-refractivity contribution in [2.75, 3.05) is 13.1 Å². The van der Waals surface area contributed by atoms with Gasteiger partial charge in [-0.05, 0) is 54.0 Å². The van der Waals surface area contributed by atoms with Crippen molar-refractivity contribution in [2.24, 2.45) is 11.8 Å². The Bertz CT molecular complexity index is 1140. The van der Waals surface area contributed by atoms with E-state index in [0.717, 1.165) is 24.0 Å². The average Bonchev–Trinajstić information content (AvgIpc) is 3.39. The van der Waals surface area contributed by atoms with Crippen LogP contribution in [0.1, 0.15) is 24.0 Å². The maximum atomic E-state index is 13.2. The minimum Gasteiger partial charge on any atom is -0.465 e. The van der Waals surface area contributed by atoms with Gasteiger partial charge in [-0.25, -0.2) is 13.2 Å². The molecule has 4 rings (SSSR count). The van der Waals surface area contributed by atoms with Crippen LogP contribution in [0.3, 0.4) is 0 Å². The zero-order valence-electron chi connectivity index (χ0n) is 18.8. The van der Waals surface area contributed by atoms with Gasteiger partial charge < -0.3 is 10.4 Å². The lowest BCUT2D eigenvalue weighted by Gasteiger charge is -2.21. The van der Waals surface area contributed by atoms with Crippen LogP contribution in [0.4, 0.5) is 4.79 Å². The van der Waals surface area contributed by atoms with Crippen molar-refractivity contribution in [1.29, 1.82) is 0 Å². The molecule has 0 aromatic heterocycles. The van der Waals surface area contributed by atoms with Gasteiger partial charge in [-0.15, -0.1) is 0 Å².